The first-order chi connectivity index (χ1) is 11.1. The van der Waals surface area contributed by atoms with Crippen LogP contribution in [0.3, 0.4) is 0 Å². The van der Waals surface area contributed by atoms with Crippen LogP contribution >= 0.6 is 34.4 Å². The summed E-state index contributed by atoms with van der Waals surface area (Å²) in [5, 5.41) is 3.30. The highest BCUT2D eigenvalue weighted by Gasteiger charge is 2.24. The third-order valence-electron chi connectivity index (χ3n) is 2.90. The second-order valence-corrected chi connectivity index (χ2v) is 6.64. The molecular weight excluding hydrogens is 427 g/mol. The number of amidine groups is 1. The van der Waals surface area contributed by atoms with E-state index < -0.39 is 0 Å². The molecule has 5 nitrogen and oxygen atoms in total. The van der Waals surface area contributed by atoms with E-state index in [1.807, 2.05) is 43.3 Å². The Hall–Kier alpha value is -1.74. The number of thioether (sulfide) groups is 1. The van der Waals surface area contributed by atoms with E-state index in [0.717, 1.165) is 15.2 Å². The SMILES string of the molecule is CCOc1ccc(N=C2NC(=O)C(=Cc3ccc(I)o3)S2)cc1. The molecule has 0 unspecified atom stereocenters. The molecule has 23 heavy (non-hydrogen) atoms. The first kappa shape index (κ1) is 16.1. The molecule has 7 heteroatoms. The summed E-state index contributed by atoms with van der Waals surface area (Å²) in [4.78, 5) is 17.0. The topological polar surface area (TPSA) is 63.8 Å². The highest BCUT2D eigenvalue weighted by molar-refractivity contribution is 14.1. The summed E-state index contributed by atoms with van der Waals surface area (Å²) in [5.74, 6) is 1.27. The number of hydrogen-bond donors (Lipinski definition) is 1. The molecule has 1 fully saturated rings. The van der Waals surface area contributed by atoms with Crippen LogP contribution in [0.15, 0.2) is 50.7 Å². The van der Waals surface area contributed by atoms with Gasteiger partial charge in [-0.15, -0.1) is 0 Å². The number of benzene rings is 1. The van der Waals surface area contributed by atoms with E-state index in [0.29, 0.717) is 22.4 Å². The van der Waals surface area contributed by atoms with Crippen LogP contribution in [0.2, 0.25) is 0 Å². The fourth-order valence-corrected chi connectivity index (χ4v) is 3.17. The standard InChI is InChI=1S/C16H13IN2O3S/c1-2-21-11-5-3-10(4-6-11)18-16-19-15(20)13(23-16)9-12-7-8-14(17)22-12/h3-9H,2H2,1H3,(H,18,19,20). The maximum absolute atomic E-state index is 12.0. The number of nitrogens with one attached hydrogen (secondary N) is 1. The first-order valence-corrected chi connectivity index (χ1v) is 8.81. The van der Waals surface area contributed by atoms with Crippen molar-refractivity contribution in [2.75, 3.05) is 6.61 Å². The molecule has 0 radical (unpaired) electrons. The molecule has 3 rings (SSSR count). The summed E-state index contributed by atoms with van der Waals surface area (Å²) in [7, 11) is 0. The molecule has 1 aliphatic rings. The van der Waals surface area contributed by atoms with Gasteiger partial charge in [0.05, 0.1) is 17.2 Å². The van der Waals surface area contributed by atoms with Crippen LogP contribution in [0.5, 0.6) is 5.75 Å². The van der Waals surface area contributed by atoms with Gasteiger partial charge in [-0.05, 0) is 77.7 Å². The van der Waals surface area contributed by atoms with Crippen molar-refractivity contribution in [3.8, 4) is 5.75 Å². The highest BCUT2D eigenvalue weighted by atomic mass is 127. The van der Waals surface area contributed by atoms with Crippen LogP contribution in [0, 0.1) is 3.77 Å². The Bertz CT molecular complexity index is 781. The van der Waals surface area contributed by atoms with E-state index in [9.17, 15) is 4.79 Å². The number of nitrogens with zero attached hydrogens (tertiary/aromatic N) is 1. The van der Waals surface area contributed by atoms with E-state index in [1.165, 1.54) is 11.8 Å². The van der Waals surface area contributed by atoms with Crippen molar-refractivity contribution in [3.05, 3.63) is 50.8 Å². The number of aliphatic imine (C=N–C) groups is 1. The number of hydrogen-bond acceptors (Lipinski definition) is 5. The van der Waals surface area contributed by atoms with Crippen LogP contribution in [0.1, 0.15) is 12.7 Å². The molecule has 1 aromatic heterocycles. The third-order valence-corrected chi connectivity index (χ3v) is 4.39. The van der Waals surface area contributed by atoms with Crippen molar-refractivity contribution in [1.82, 2.24) is 5.32 Å². The number of furan rings is 1. The van der Waals surface area contributed by atoms with Crippen LogP contribution in [0.4, 0.5) is 5.69 Å². The number of amides is 1. The van der Waals surface area contributed by atoms with Gasteiger partial charge in [0.1, 0.15) is 11.5 Å². The van der Waals surface area contributed by atoms with E-state index in [1.54, 1.807) is 6.08 Å². The highest BCUT2D eigenvalue weighted by Crippen LogP contribution is 2.29. The van der Waals surface area contributed by atoms with Gasteiger partial charge in [0.25, 0.3) is 5.91 Å². The molecule has 0 saturated carbocycles. The molecule has 2 aromatic rings. The maximum atomic E-state index is 12.0. The predicted octanol–water partition coefficient (Wildman–Crippen LogP) is 4.17. The largest absolute Gasteiger partial charge is 0.494 e. The summed E-state index contributed by atoms with van der Waals surface area (Å²) in [5.41, 5.74) is 0.755. The lowest BCUT2D eigenvalue weighted by Gasteiger charge is -2.02. The molecular formula is C16H13IN2O3S. The zero-order valence-corrected chi connectivity index (χ0v) is 15.2. The van der Waals surface area contributed by atoms with Gasteiger partial charge in [-0.1, -0.05) is 0 Å². The van der Waals surface area contributed by atoms with Crippen molar-refractivity contribution in [2.45, 2.75) is 6.92 Å². The van der Waals surface area contributed by atoms with E-state index >= 15 is 0 Å². The minimum atomic E-state index is -0.175. The van der Waals surface area contributed by atoms with E-state index in [-0.39, 0.29) is 5.91 Å². The summed E-state index contributed by atoms with van der Waals surface area (Å²) in [6.07, 6.45) is 1.71. The smallest absolute Gasteiger partial charge is 0.264 e. The summed E-state index contributed by atoms with van der Waals surface area (Å²) < 4.78 is 11.6. The minimum absolute atomic E-state index is 0.175. The molecule has 1 amide bonds. The molecule has 0 atom stereocenters. The van der Waals surface area contributed by atoms with Gasteiger partial charge < -0.3 is 14.5 Å². The average molecular weight is 440 g/mol. The van der Waals surface area contributed by atoms with Crippen molar-refractivity contribution >= 4 is 57.2 Å². The Balaban J connectivity index is 1.75. The molecule has 0 bridgehead atoms. The molecule has 118 valence electrons. The van der Waals surface area contributed by atoms with Crippen LogP contribution in [-0.2, 0) is 4.79 Å². The maximum Gasteiger partial charge on any atom is 0.264 e. The Kier molecular flexibility index (Phi) is 5.06. The number of halogens is 1. The molecule has 1 aliphatic heterocycles. The zero-order valence-electron chi connectivity index (χ0n) is 12.2. The lowest BCUT2D eigenvalue weighted by molar-refractivity contribution is -0.115. The fraction of sp³-hybridized carbons (Fsp3) is 0.125. The van der Waals surface area contributed by atoms with Crippen LogP contribution in [-0.4, -0.2) is 17.7 Å². The van der Waals surface area contributed by atoms with Crippen LogP contribution < -0.4 is 10.1 Å². The fourth-order valence-electron chi connectivity index (χ4n) is 1.92. The number of carbonyl (C=O) groups excluding carboxylic acids is 1. The van der Waals surface area contributed by atoms with Gasteiger partial charge >= 0.3 is 0 Å². The molecule has 1 saturated heterocycles. The van der Waals surface area contributed by atoms with Gasteiger partial charge in [0, 0.05) is 6.08 Å². The summed E-state index contributed by atoms with van der Waals surface area (Å²) in [6.45, 7) is 2.56. The van der Waals surface area contributed by atoms with Crippen molar-refractivity contribution < 1.29 is 13.9 Å². The van der Waals surface area contributed by atoms with Gasteiger partial charge in [0.2, 0.25) is 0 Å². The lowest BCUT2D eigenvalue weighted by atomic mass is 10.3. The molecule has 0 aliphatic carbocycles. The van der Waals surface area contributed by atoms with Crippen molar-refractivity contribution in [2.24, 2.45) is 4.99 Å². The third kappa shape index (κ3) is 4.17. The van der Waals surface area contributed by atoms with Gasteiger partial charge in [-0.2, -0.15) is 0 Å². The molecule has 0 spiro atoms. The second-order valence-electron chi connectivity index (χ2n) is 4.55. The molecule has 1 N–H and O–H groups in total. The Morgan fingerprint density at radius 2 is 2.09 bits per heavy atom. The minimum Gasteiger partial charge on any atom is -0.494 e. The molecule has 2 heterocycles. The summed E-state index contributed by atoms with van der Waals surface area (Å²) in [6, 6.07) is 11.1. The lowest BCUT2D eigenvalue weighted by Crippen LogP contribution is -2.19. The Labute approximate surface area is 151 Å². The summed E-state index contributed by atoms with van der Waals surface area (Å²) >= 11 is 3.37. The van der Waals surface area contributed by atoms with Gasteiger partial charge in [0.15, 0.2) is 8.93 Å². The monoisotopic (exact) mass is 440 g/mol. The molecule has 1 aromatic carbocycles. The Morgan fingerprint density at radius 3 is 2.74 bits per heavy atom. The average Bonchev–Trinajstić information content (AvgIpc) is 3.08. The van der Waals surface area contributed by atoms with E-state index in [4.69, 9.17) is 9.15 Å². The number of rotatable bonds is 4. The second kappa shape index (κ2) is 7.22. The Morgan fingerprint density at radius 1 is 1.30 bits per heavy atom. The number of ether oxygens (including phenoxy) is 1. The van der Waals surface area contributed by atoms with Crippen LogP contribution in [0.25, 0.3) is 6.08 Å². The number of carbonyl (C=O) groups is 1. The van der Waals surface area contributed by atoms with E-state index in [2.05, 4.69) is 32.9 Å². The van der Waals surface area contributed by atoms with Gasteiger partial charge in [-0.25, -0.2) is 4.99 Å². The van der Waals surface area contributed by atoms with Crippen molar-refractivity contribution in [3.63, 3.8) is 0 Å². The van der Waals surface area contributed by atoms with Crippen molar-refractivity contribution in [1.29, 1.82) is 0 Å². The zero-order chi connectivity index (χ0) is 16.2. The predicted molar refractivity (Wildman–Crippen MR) is 99.8 cm³/mol. The normalized spacial score (nSPS) is 17.7. The van der Waals surface area contributed by atoms with Gasteiger partial charge in [-0.3, -0.25) is 4.79 Å². The quantitative estimate of drug-likeness (QED) is 0.573. The first-order valence-electron chi connectivity index (χ1n) is 6.92.